The van der Waals surface area contributed by atoms with Crippen molar-refractivity contribution < 1.29 is 15.0 Å². The maximum absolute atomic E-state index is 8.78. The van der Waals surface area contributed by atoms with Gasteiger partial charge in [-0.15, -0.1) is 0 Å². The summed E-state index contributed by atoms with van der Waals surface area (Å²) >= 11 is 0. The average molecular weight is 285 g/mol. The standard InChI is InChI=1S/C12H18.C2H6.CH3NO2.CH4O/c1-10(2)8-9-12-7-5-4-6-11(12)3;1-2;2-1(3)4;1-2/h4-7,10H,8-9H2,1-3H3;1-2H3;2H2,(H,3,4);2H,1H3. The van der Waals surface area contributed by atoms with Crippen LogP contribution in [0, 0.1) is 12.8 Å². The van der Waals surface area contributed by atoms with Crippen LogP contribution in [0.3, 0.4) is 0 Å². The van der Waals surface area contributed by atoms with E-state index in [-0.39, 0.29) is 0 Å². The zero-order valence-electron chi connectivity index (χ0n) is 13.7. The van der Waals surface area contributed by atoms with Gasteiger partial charge in [-0.2, -0.15) is 0 Å². The Morgan fingerprint density at radius 1 is 1.20 bits per heavy atom. The van der Waals surface area contributed by atoms with Crippen molar-refractivity contribution in [2.45, 2.75) is 47.5 Å². The van der Waals surface area contributed by atoms with E-state index in [2.05, 4.69) is 50.8 Å². The van der Waals surface area contributed by atoms with E-state index in [0.717, 1.165) is 13.0 Å². The highest BCUT2D eigenvalue weighted by Gasteiger charge is 1.98. The SMILES string of the molecule is CC.CO.Cc1ccccc1CCC(C)C.NC(=O)O. The number of hydrogen-bond acceptors (Lipinski definition) is 2. The van der Waals surface area contributed by atoms with Crippen molar-refractivity contribution in [1.29, 1.82) is 0 Å². The van der Waals surface area contributed by atoms with Gasteiger partial charge in [0.05, 0.1) is 0 Å². The summed E-state index contributed by atoms with van der Waals surface area (Å²) in [6.07, 6.45) is 1.19. The third-order valence-electron chi connectivity index (χ3n) is 2.25. The molecule has 0 aromatic heterocycles. The number of primary amides is 1. The number of benzene rings is 1. The average Bonchev–Trinajstić information content (AvgIpc) is 2.42. The zero-order valence-corrected chi connectivity index (χ0v) is 13.7. The molecule has 1 aromatic carbocycles. The van der Waals surface area contributed by atoms with Crippen LogP contribution in [0.5, 0.6) is 0 Å². The maximum Gasteiger partial charge on any atom is 0.402 e. The molecule has 0 atom stereocenters. The van der Waals surface area contributed by atoms with Gasteiger partial charge in [-0.05, 0) is 36.8 Å². The fraction of sp³-hybridized carbons (Fsp3) is 0.562. The van der Waals surface area contributed by atoms with E-state index in [4.69, 9.17) is 15.0 Å². The predicted molar refractivity (Wildman–Crippen MR) is 86.0 cm³/mol. The summed E-state index contributed by atoms with van der Waals surface area (Å²) in [5.41, 5.74) is 6.96. The van der Waals surface area contributed by atoms with Crippen LogP contribution in [0.2, 0.25) is 0 Å². The lowest BCUT2D eigenvalue weighted by Crippen LogP contribution is -2.03. The minimum Gasteiger partial charge on any atom is -0.465 e. The van der Waals surface area contributed by atoms with Gasteiger partial charge in [-0.3, -0.25) is 0 Å². The molecule has 0 unspecified atom stereocenters. The van der Waals surface area contributed by atoms with Crippen molar-refractivity contribution in [1.82, 2.24) is 0 Å². The zero-order chi connectivity index (χ0) is 16.6. The minimum atomic E-state index is -1.33. The van der Waals surface area contributed by atoms with Crippen molar-refractivity contribution in [3.63, 3.8) is 0 Å². The molecule has 0 saturated carbocycles. The van der Waals surface area contributed by atoms with Gasteiger partial charge in [0.1, 0.15) is 0 Å². The molecule has 4 heteroatoms. The lowest BCUT2D eigenvalue weighted by molar-refractivity contribution is 0.205. The van der Waals surface area contributed by atoms with Gasteiger partial charge in [0.2, 0.25) is 0 Å². The van der Waals surface area contributed by atoms with Crippen LogP contribution in [0.15, 0.2) is 24.3 Å². The van der Waals surface area contributed by atoms with Crippen LogP contribution in [0.1, 0.15) is 45.2 Å². The summed E-state index contributed by atoms with van der Waals surface area (Å²) in [6.45, 7) is 10.7. The van der Waals surface area contributed by atoms with Crippen molar-refractivity contribution in [3.05, 3.63) is 35.4 Å². The van der Waals surface area contributed by atoms with Gasteiger partial charge in [0, 0.05) is 7.11 Å². The van der Waals surface area contributed by atoms with Gasteiger partial charge in [-0.1, -0.05) is 52.0 Å². The van der Waals surface area contributed by atoms with Crippen molar-refractivity contribution in [2.24, 2.45) is 11.7 Å². The van der Waals surface area contributed by atoms with E-state index in [1.807, 2.05) is 13.8 Å². The second-order valence-electron chi connectivity index (χ2n) is 4.20. The van der Waals surface area contributed by atoms with Gasteiger partial charge >= 0.3 is 6.09 Å². The number of nitrogens with two attached hydrogens (primary N) is 1. The molecule has 0 radical (unpaired) electrons. The van der Waals surface area contributed by atoms with Crippen LogP contribution in [-0.2, 0) is 6.42 Å². The number of rotatable bonds is 3. The normalized spacial score (nSPS) is 8.20. The Labute approximate surface area is 123 Å². The third kappa shape index (κ3) is 18.8. The Bertz CT molecular complexity index is 321. The Kier molecular flexibility index (Phi) is 20.5. The molecule has 1 amide bonds. The van der Waals surface area contributed by atoms with E-state index >= 15 is 0 Å². The molecule has 0 aliphatic heterocycles. The number of amides is 1. The van der Waals surface area contributed by atoms with Crippen LogP contribution < -0.4 is 5.73 Å². The number of aliphatic hydroxyl groups is 1. The van der Waals surface area contributed by atoms with Crippen LogP contribution >= 0.6 is 0 Å². The molecule has 0 bridgehead atoms. The number of aliphatic hydroxyl groups excluding tert-OH is 1. The van der Waals surface area contributed by atoms with Crippen LogP contribution in [0.4, 0.5) is 4.79 Å². The van der Waals surface area contributed by atoms with E-state index in [1.54, 1.807) is 0 Å². The van der Waals surface area contributed by atoms with E-state index in [0.29, 0.717) is 0 Å². The summed E-state index contributed by atoms with van der Waals surface area (Å²) in [5.74, 6) is 0.810. The Morgan fingerprint density at radius 2 is 1.60 bits per heavy atom. The lowest BCUT2D eigenvalue weighted by atomic mass is 9.99. The molecule has 0 aliphatic rings. The van der Waals surface area contributed by atoms with Crippen molar-refractivity contribution in [3.8, 4) is 0 Å². The molecule has 0 fully saturated rings. The first-order valence-electron chi connectivity index (χ1n) is 6.91. The monoisotopic (exact) mass is 285 g/mol. The van der Waals surface area contributed by atoms with Gasteiger partial charge in [-0.25, -0.2) is 4.79 Å². The molecule has 0 aliphatic carbocycles. The molecule has 4 N–H and O–H groups in total. The van der Waals surface area contributed by atoms with Crippen molar-refractivity contribution >= 4 is 6.09 Å². The van der Waals surface area contributed by atoms with Gasteiger partial charge < -0.3 is 15.9 Å². The highest BCUT2D eigenvalue weighted by atomic mass is 16.4. The van der Waals surface area contributed by atoms with Gasteiger partial charge in [0.25, 0.3) is 0 Å². The summed E-state index contributed by atoms with van der Waals surface area (Å²) in [4.78, 5) is 8.78. The molecule has 4 nitrogen and oxygen atoms in total. The molecule has 1 aromatic rings. The van der Waals surface area contributed by atoms with Gasteiger partial charge in [0.15, 0.2) is 0 Å². The first-order valence-corrected chi connectivity index (χ1v) is 6.91. The minimum absolute atomic E-state index is 0.810. The van der Waals surface area contributed by atoms with Crippen molar-refractivity contribution in [2.75, 3.05) is 7.11 Å². The van der Waals surface area contributed by atoms with Crippen LogP contribution in [0.25, 0.3) is 0 Å². The second kappa shape index (κ2) is 17.4. The molecular formula is C16H31NO3. The summed E-state index contributed by atoms with van der Waals surface area (Å²) < 4.78 is 0. The Hall–Kier alpha value is -1.55. The number of aryl methyl sites for hydroxylation is 2. The fourth-order valence-electron chi connectivity index (χ4n) is 1.33. The topological polar surface area (TPSA) is 83.5 Å². The first kappa shape index (κ1) is 23.5. The number of carboxylic acid groups (broad SMARTS) is 1. The molecular weight excluding hydrogens is 254 g/mol. The summed E-state index contributed by atoms with van der Waals surface area (Å²) in [7, 11) is 1.00. The fourth-order valence-corrected chi connectivity index (χ4v) is 1.33. The molecule has 20 heavy (non-hydrogen) atoms. The largest absolute Gasteiger partial charge is 0.465 e. The maximum atomic E-state index is 8.78. The number of hydrogen-bond donors (Lipinski definition) is 3. The summed E-state index contributed by atoms with van der Waals surface area (Å²) in [5, 5.41) is 14.2. The smallest absolute Gasteiger partial charge is 0.402 e. The highest BCUT2D eigenvalue weighted by molar-refractivity contribution is 5.61. The molecule has 0 spiro atoms. The molecule has 0 heterocycles. The Morgan fingerprint density at radius 3 is 1.95 bits per heavy atom. The van der Waals surface area contributed by atoms with E-state index in [9.17, 15) is 0 Å². The quantitative estimate of drug-likeness (QED) is 0.789. The van der Waals surface area contributed by atoms with Crippen LogP contribution in [-0.4, -0.2) is 23.4 Å². The first-order chi connectivity index (χ1) is 9.43. The van der Waals surface area contributed by atoms with E-state index < -0.39 is 6.09 Å². The Balaban J connectivity index is -0.000000306. The second-order valence-corrected chi connectivity index (χ2v) is 4.20. The predicted octanol–water partition coefficient (Wildman–Crippen LogP) is 3.84. The molecule has 1 rings (SSSR count). The van der Waals surface area contributed by atoms with E-state index in [1.165, 1.54) is 24.0 Å². The number of carbonyl (C=O) groups is 1. The summed E-state index contributed by atoms with van der Waals surface area (Å²) in [6, 6.07) is 8.66. The third-order valence-corrected chi connectivity index (χ3v) is 2.25. The lowest BCUT2D eigenvalue weighted by Gasteiger charge is -2.06. The molecule has 118 valence electrons. The molecule has 0 saturated heterocycles. The highest BCUT2D eigenvalue weighted by Crippen LogP contribution is 2.12.